The van der Waals surface area contributed by atoms with Crippen LogP contribution in [0, 0.1) is 20.8 Å². The number of ether oxygens (including phenoxy) is 1. The Morgan fingerprint density at radius 3 is 2.44 bits per heavy atom. The lowest BCUT2D eigenvalue weighted by molar-refractivity contribution is -0.127. The standard InChI is InChI=1S/C14H21NO2S/c1-9-6-13(17-5)11(3)10(2)12(9)7-15(4)14(16)8-18/h6,18H,7-8H2,1-5H3. The summed E-state index contributed by atoms with van der Waals surface area (Å²) in [5, 5.41) is 0. The number of nitrogens with zero attached hydrogens (tertiary/aromatic N) is 1. The van der Waals surface area contributed by atoms with Gasteiger partial charge in [0.25, 0.3) is 0 Å². The van der Waals surface area contributed by atoms with Gasteiger partial charge in [0.1, 0.15) is 5.75 Å². The number of aryl methyl sites for hydroxylation is 1. The molecule has 0 N–H and O–H groups in total. The van der Waals surface area contributed by atoms with Crippen LogP contribution in [-0.2, 0) is 11.3 Å². The first-order valence-corrected chi connectivity index (χ1v) is 6.54. The average Bonchev–Trinajstić information content (AvgIpc) is 2.37. The largest absolute Gasteiger partial charge is 0.496 e. The fourth-order valence-electron chi connectivity index (χ4n) is 2.00. The van der Waals surface area contributed by atoms with Crippen LogP contribution in [0.2, 0.25) is 0 Å². The van der Waals surface area contributed by atoms with Gasteiger partial charge >= 0.3 is 0 Å². The molecule has 0 aliphatic carbocycles. The van der Waals surface area contributed by atoms with Crippen LogP contribution in [0.1, 0.15) is 22.3 Å². The molecule has 0 saturated heterocycles. The minimum Gasteiger partial charge on any atom is -0.496 e. The van der Waals surface area contributed by atoms with E-state index in [1.165, 1.54) is 11.1 Å². The number of hydrogen-bond acceptors (Lipinski definition) is 3. The van der Waals surface area contributed by atoms with Crippen molar-refractivity contribution in [3.05, 3.63) is 28.3 Å². The molecule has 1 rings (SSSR count). The molecular formula is C14H21NO2S. The minimum absolute atomic E-state index is 0.0330. The van der Waals surface area contributed by atoms with Crippen molar-refractivity contribution >= 4 is 18.5 Å². The molecule has 1 amide bonds. The smallest absolute Gasteiger partial charge is 0.232 e. The molecule has 18 heavy (non-hydrogen) atoms. The second-order valence-corrected chi connectivity index (χ2v) is 4.85. The highest BCUT2D eigenvalue weighted by Gasteiger charge is 2.14. The van der Waals surface area contributed by atoms with Gasteiger partial charge in [-0.3, -0.25) is 4.79 Å². The normalized spacial score (nSPS) is 10.3. The van der Waals surface area contributed by atoms with Gasteiger partial charge in [0.2, 0.25) is 5.91 Å². The lowest BCUT2D eigenvalue weighted by Crippen LogP contribution is -2.28. The first kappa shape index (κ1) is 14.9. The third kappa shape index (κ3) is 2.99. The van der Waals surface area contributed by atoms with Crippen LogP contribution in [0.5, 0.6) is 5.75 Å². The highest BCUT2D eigenvalue weighted by Crippen LogP contribution is 2.28. The molecule has 100 valence electrons. The van der Waals surface area contributed by atoms with Crippen molar-refractivity contribution in [1.82, 2.24) is 4.90 Å². The molecule has 0 heterocycles. The molecule has 0 saturated carbocycles. The maximum atomic E-state index is 11.6. The number of benzene rings is 1. The van der Waals surface area contributed by atoms with E-state index in [9.17, 15) is 4.79 Å². The number of methoxy groups -OCH3 is 1. The molecule has 3 nitrogen and oxygen atoms in total. The van der Waals surface area contributed by atoms with Gasteiger partial charge in [-0.05, 0) is 49.1 Å². The predicted molar refractivity (Wildman–Crippen MR) is 77.5 cm³/mol. The first-order valence-electron chi connectivity index (χ1n) is 5.90. The molecule has 0 aromatic heterocycles. The van der Waals surface area contributed by atoms with Gasteiger partial charge in [-0.1, -0.05) is 0 Å². The highest BCUT2D eigenvalue weighted by molar-refractivity contribution is 7.81. The molecular weight excluding hydrogens is 246 g/mol. The molecule has 0 aliphatic rings. The van der Waals surface area contributed by atoms with Gasteiger partial charge in [0.05, 0.1) is 12.9 Å². The predicted octanol–water partition coefficient (Wildman–Crippen LogP) is 2.51. The molecule has 0 atom stereocenters. The summed E-state index contributed by atoms with van der Waals surface area (Å²) >= 11 is 4.01. The van der Waals surface area contributed by atoms with Crippen LogP contribution < -0.4 is 4.74 Å². The van der Waals surface area contributed by atoms with E-state index in [0.29, 0.717) is 6.54 Å². The van der Waals surface area contributed by atoms with Crippen molar-refractivity contribution < 1.29 is 9.53 Å². The molecule has 4 heteroatoms. The summed E-state index contributed by atoms with van der Waals surface area (Å²) in [5.41, 5.74) is 4.65. The number of rotatable bonds is 4. The van der Waals surface area contributed by atoms with E-state index in [1.54, 1.807) is 19.1 Å². The summed E-state index contributed by atoms with van der Waals surface area (Å²) in [7, 11) is 3.48. The Bertz CT molecular complexity index is 458. The Balaban J connectivity index is 3.10. The van der Waals surface area contributed by atoms with Crippen LogP contribution in [0.3, 0.4) is 0 Å². The second-order valence-electron chi connectivity index (χ2n) is 4.53. The van der Waals surface area contributed by atoms with E-state index >= 15 is 0 Å². The molecule has 0 spiro atoms. The number of thiol groups is 1. The SMILES string of the molecule is COc1cc(C)c(CN(C)C(=O)CS)c(C)c1C. The van der Waals surface area contributed by atoms with E-state index in [0.717, 1.165) is 16.9 Å². The Kier molecular flexibility index (Phi) is 5.08. The lowest BCUT2D eigenvalue weighted by atomic mass is 9.97. The van der Waals surface area contributed by atoms with E-state index in [1.807, 2.05) is 19.9 Å². The zero-order valence-electron chi connectivity index (χ0n) is 11.7. The van der Waals surface area contributed by atoms with Crippen molar-refractivity contribution in [3.63, 3.8) is 0 Å². The summed E-state index contributed by atoms with van der Waals surface area (Å²) in [6.07, 6.45) is 0. The lowest BCUT2D eigenvalue weighted by Gasteiger charge is -2.21. The van der Waals surface area contributed by atoms with Crippen molar-refractivity contribution in [2.24, 2.45) is 0 Å². The van der Waals surface area contributed by atoms with E-state index in [-0.39, 0.29) is 11.7 Å². The van der Waals surface area contributed by atoms with Gasteiger partial charge in [-0.15, -0.1) is 0 Å². The zero-order chi connectivity index (χ0) is 13.9. The van der Waals surface area contributed by atoms with Gasteiger partial charge < -0.3 is 9.64 Å². The number of hydrogen-bond donors (Lipinski definition) is 1. The van der Waals surface area contributed by atoms with Crippen molar-refractivity contribution in [3.8, 4) is 5.75 Å². The fourth-order valence-corrected chi connectivity index (χ4v) is 2.24. The molecule has 1 aromatic rings. The van der Waals surface area contributed by atoms with Crippen LogP contribution in [0.25, 0.3) is 0 Å². The molecule has 0 aliphatic heterocycles. The Morgan fingerprint density at radius 2 is 1.94 bits per heavy atom. The van der Waals surface area contributed by atoms with Crippen LogP contribution in [0.4, 0.5) is 0 Å². The summed E-state index contributed by atoms with van der Waals surface area (Å²) in [4.78, 5) is 13.3. The highest BCUT2D eigenvalue weighted by atomic mass is 32.1. The summed E-state index contributed by atoms with van der Waals surface area (Å²) in [6, 6.07) is 2.02. The monoisotopic (exact) mass is 267 g/mol. The fraction of sp³-hybridized carbons (Fsp3) is 0.500. The molecule has 0 unspecified atom stereocenters. The topological polar surface area (TPSA) is 29.5 Å². The third-order valence-electron chi connectivity index (χ3n) is 3.38. The van der Waals surface area contributed by atoms with E-state index < -0.39 is 0 Å². The molecule has 0 bridgehead atoms. The Labute approximate surface area is 115 Å². The quantitative estimate of drug-likeness (QED) is 0.849. The van der Waals surface area contributed by atoms with Gasteiger partial charge in [-0.25, -0.2) is 0 Å². The Morgan fingerprint density at radius 1 is 1.33 bits per heavy atom. The second kappa shape index (κ2) is 6.14. The van der Waals surface area contributed by atoms with Crippen LogP contribution in [-0.4, -0.2) is 30.7 Å². The van der Waals surface area contributed by atoms with Crippen molar-refractivity contribution in [2.45, 2.75) is 27.3 Å². The number of carbonyl (C=O) groups excluding carboxylic acids is 1. The van der Waals surface area contributed by atoms with Crippen LogP contribution >= 0.6 is 12.6 Å². The Hall–Kier alpha value is -1.16. The van der Waals surface area contributed by atoms with E-state index in [2.05, 4.69) is 19.6 Å². The van der Waals surface area contributed by atoms with Crippen molar-refractivity contribution in [1.29, 1.82) is 0 Å². The molecule has 0 radical (unpaired) electrons. The summed E-state index contributed by atoms with van der Waals surface area (Å²) in [6.45, 7) is 6.77. The number of carbonyl (C=O) groups is 1. The van der Waals surface area contributed by atoms with Gasteiger partial charge in [-0.2, -0.15) is 12.6 Å². The number of amides is 1. The van der Waals surface area contributed by atoms with E-state index in [4.69, 9.17) is 4.74 Å². The zero-order valence-corrected chi connectivity index (χ0v) is 12.6. The van der Waals surface area contributed by atoms with Gasteiger partial charge in [0.15, 0.2) is 0 Å². The molecule has 1 aromatic carbocycles. The summed E-state index contributed by atoms with van der Waals surface area (Å²) in [5.74, 6) is 1.17. The molecule has 0 fully saturated rings. The third-order valence-corrected chi connectivity index (χ3v) is 3.66. The average molecular weight is 267 g/mol. The minimum atomic E-state index is 0.0330. The van der Waals surface area contributed by atoms with Crippen molar-refractivity contribution in [2.75, 3.05) is 19.9 Å². The van der Waals surface area contributed by atoms with Crippen LogP contribution in [0.15, 0.2) is 6.07 Å². The maximum absolute atomic E-state index is 11.6. The maximum Gasteiger partial charge on any atom is 0.232 e. The first-order chi connectivity index (χ1) is 8.42. The van der Waals surface area contributed by atoms with Gasteiger partial charge in [0, 0.05) is 13.6 Å². The summed E-state index contributed by atoms with van der Waals surface area (Å²) < 4.78 is 5.34.